The minimum Gasteiger partial charge on any atom is -0.346 e. The van der Waals surface area contributed by atoms with Gasteiger partial charge < -0.3 is 5.32 Å². The molecule has 148 valence electrons. The summed E-state index contributed by atoms with van der Waals surface area (Å²) in [7, 11) is 0. The molecular formula is C25H32N2O. The number of benzene rings is 2. The first kappa shape index (κ1) is 19.2. The van der Waals surface area contributed by atoms with Crippen LogP contribution < -0.4 is 5.32 Å². The van der Waals surface area contributed by atoms with Crippen LogP contribution in [0.5, 0.6) is 0 Å². The van der Waals surface area contributed by atoms with Gasteiger partial charge in [-0.3, -0.25) is 9.69 Å². The molecule has 4 rings (SSSR count). The lowest BCUT2D eigenvalue weighted by molar-refractivity contribution is 0.0940. The molecular weight excluding hydrogens is 344 g/mol. The maximum atomic E-state index is 12.7. The highest BCUT2D eigenvalue weighted by molar-refractivity contribution is 5.94. The minimum atomic E-state index is 0.00569. The third-order valence-electron chi connectivity index (χ3n) is 6.33. The summed E-state index contributed by atoms with van der Waals surface area (Å²) in [6.07, 6.45) is 6.25. The fourth-order valence-electron chi connectivity index (χ4n) is 4.67. The van der Waals surface area contributed by atoms with E-state index >= 15 is 0 Å². The van der Waals surface area contributed by atoms with E-state index in [-0.39, 0.29) is 11.9 Å². The molecule has 28 heavy (non-hydrogen) atoms. The molecule has 1 aliphatic carbocycles. The molecule has 2 aromatic carbocycles. The van der Waals surface area contributed by atoms with Crippen molar-refractivity contribution in [2.24, 2.45) is 5.92 Å². The van der Waals surface area contributed by atoms with Crippen LogP contribution in [-0.2, 0) is 19.4 Å². The van der Waals surface area contributed by atoms with E-state index in [0.29, 0.717) is 0 Å². The van der Waals surface area contributed by atoms with Gasteiger partial charge in [0.2, 0.25) is 0 Å². The average Bonchev–Trinajstić information content (AvgIpc) is 3.16. The Labute approximate surface area is 169 Å². The highest BCUT2D eigenvalue weighted by Gasteiger charge is 2.17. The Kier molecular flexibility index (Phi) is 5.82. The Morgan fingerprint density at radius 2 is 1.89 bits per heavy atom. The second-order valence-corrected chi connectivity index (χ2v) is 8.76. The first-order chi connectivity index (χ1) is 13.6. The normalized spacial score (nSPS) is 20.6. The van der Waals surface area contributed by atoms with Crippen LogP contribution >= 0.6 is 0 Å². The van der Waals surface area contributed by atoms with Crippen molar-refractivity contribution >= 4 is 5.91 Å². The van der Waals surface area contributed by atoms with E-state index in [9.17, 15) is 4.79 Å². The number of piperidine rings is 1. The van der Waals surface area contributed by atoms with E-state index in [1.165, 1.54) is 67.4 Å². The van der Waals surface area contributed by atoms with Crippen LogP contribution in [0, 0.1) is 5.92 Å². The maximum absolute atomic E-state index is 12.7. The van der Waals surface area contributed by atoms with Gasteiger partial charge >= 0.3 is 0 Å². The smallest absolute Gasteiger partial charge is 0.251 e. The molecule has 1 heterocycles. The SMILES string of the molecule is C[C@H]1CCCN(Cc2ccc(C(=O)N[C@@H](C)c3ccc4c(c3)CCC4)cc2)C1. The number of likely N-dealkylation sites (tertiary alicyclic amines) is 1. The van der Waals surface area contributed by atoms with Gasteiger partial charge in [0.05, 0.1) is 6.04 Å². The lowest BCUT2D eigenvalue weighted by atomic mass is 9.99. The molecule has 0 saturated carbocycles. The molecule has 1 aliphatic heterocycles. The van der Waals surface area contributed by atoms with Crippen molar-refractivity contribution < 1.29 is 4.79 Å². The monoisotopic (exact) mass is 376 g/mol. The van der Waals surface area contributed by atoms with Gasteiger partial charge in [-0.15, -0.1) is 0 Å². The Hall–Kier alpha value is -2.13. The van der Waals surface area contributed by atoms with Crippen LogP contribution in [0.3, 0.4) is 0 Å². The number of amides is 1. The molecule has 0 unspecified atom stereocenters. The number of nitrogens with one attached hydrogen (secondary N) is 1. The van der Waals surface area contributed by atoms with Gasteiger partial charge in [-0.2, -0.15) is 0 Å². The topological polar surface area (TPSA) is 32.3 Å². The first-order valence-corrected chi connectivity index (χ1v) is 10.8. The number of hydrogen-bond acceptors (Lipinski definition) is 2. The fraction of sp³-hybridized carbons (Fsp3) is 0.480. The summed E-state index contributed by atoms with van der Waals surface area (Å²) in [5.74, 6) is 0.797. The molecule has 2 aliphatic rings. The van der Waals surface area contributed by atoms with E-state index in [2.05, 4.69) is 54.4 Å². The van der Waals surface area contributed by atoms with Gasteiger partial charge in [-0.1, -0.05) is 37.3 Å². The van der Waals surface area contributed by atoms with E-state index in [1.807, 2.05) is 12.1 Å². The summed E-state index contributed by atoms with van der Waals surface area (Å²) in [5.41, 5.74) is 6.15. The predicted molar refractivity (Wildman–Crippen MR) is 114 cm³/mol. The zero-order valence-electron chi connectivity index (χ0n) is 17.2. The number of carbonyl (C=O) groups excluding carboxylic acids is 1. The fourth-order valence-corrected chi connectivity index (χ4v) is 4.67. The van der Waals surface area contributed by atoms with E-state index in [0.717, 1.165) is 18.0 Å². The standard InChI is InChI=1S/C25H32N2O/c1-18-5-4-14-27(16-18)17-20-8-10-22(11-9-20)25(28)26-19(2)23-13-12-21-6-3-7-24(21)15-23/h8-13,15,18-19H,3-7,14,16-17H2,1-2H3,(H,26,28)/t18-,19-/m0/s1. The molecule has 2 aromatic rings. The van der Waals surface area contributed by atoms with Crippen molar-refractivity contribution in [1.29, 1.82) is 0 Å². The summed E-state index contributed by atoms with van der Waals surface area (Å²) < 4.78 is 0. The van der Waals surface area contributed by atoms with Gasteiger partial charge in [0.25, 0.3) is 5.91 Å². The highest BCUT2D eigenvalue weighted by atomic mass is 16.1. The minimum absolute atomic E-state index is 0.00569. The second kappa shape index (κ2) is 8.48. The number of carbonyl (C=O) groups is 1. The predicted octanol–water partition coefficient (Wildman–Crippen LogP) is 4.90. The number of nitrogens with zero attached hydrogens (tertiary/aromatic N) is 1. The second-order valence-electron chi connectivity index (χ2n) is 8.76. The van der Waals surface area contributed by atoms with Gasteiger partial charge in [0.1, 0.15) is 0 Å². The van der Waals surface area contributed by atoms with Crippen molar-refractivity contribution in [2.45, 2.75) is 58.5 Å². The van der Waals surface area contributed by atoms with Crippen LogP contribution in [0.4, 0.5) is 0 Å². The summed E-state index contributed by atoms with van der Waals surface area (Å²) in [6, 6.07) is 14.8. The van der Waals surface area contributed by atoms with Gasteiger partial charge in [-0.05, 0) is 85.9 Å². The van der Waals surface area contributed by atoms with Crippen molar-refractivity contribution in [2.75, 3.05) is 13.1 Å². The van der Waals surface area contributed by atoms with Crippen LogP contribution in [0.25, 0.3) is 0 Å². The third kappa shape index (κ3) is 4.47. The molecule has 0 spiro atoms. The molecule has 1 saturated heterocycles. The lowest BCUT2D eigenvalue weighted by Crippen LogP contribution is -2.33. The highest BCUT2D eigenvalue weighted by Crippen LogP contribution is 2.25. The number of fused-ring (bicyclic) bond motifs is 1. The number of rotatable bonds is 5. The Bertz CT molecular complexity index is 827. The molecule has 2 atom stereocenters. The molecule has 0 radical (unpaired) electrons. The zero-order valence-corrected chi connectivity index (χ0v) is 17.2. The summed E-state index contributed by atoms with van der Waals surface area (Å²) in [5, 5.41) is 3.16. The lowest BCUT2D eigenvalue weighted by Gasteiger charge is -2.30. The van der Waals surface area contributed by atoms with Gasteiger partial charge in [0, 0.05) is 18.7 Å². The van der Waals surface area contributed by atoms with Gasteiger partial charge in [-0.25, -0.2) is 0 Å². The Morgan fingerprint density at radius 1 is 1.11 bits per heavy atom. The largest absolute Gasteiger partial charge is 0.346 e. The summed E-state index contributed by atoms with van der Waals surface area (Å²) in [6.45, 7) is 7.76. The molecule has 1 N–H and O–H groups in total. The molecule has 3 nitrogen and oxygen atoms in total. The average molecular weight is 377 g/mol. The van der Waals surface area contributed by atoms with Crippen LogP contribution in [-0.4, -0.2) is 23.9 Å². The summed E-state index contributed by atoms with van der Waals surface area (Å²) in [4.78, 5) is 15.2. The van der Waals surface area contributed by atoms with Crippen LogP contribution in [0.15, 0.2) is 42.5 Å². The molecule has 3 heteroatoms. The summed E-state index contributed by atoms with van der Waals surface area (Å²) >= 11 is 0. The van der Waals surface area contributed by atoms with Crippen molar-refractivity contribution in [3.05, 3.63) is 70.3 Å². The van der Waals surface area contributed by atoms with Crippen molar-refractivity contribution in [3.8, 4) is 0 Å². The van der Waals surface area contributed by atoms with E-state index in [4.69, 9.17) is 0 Å². The Balaban J connectivity index is 1.35. The first-order valence-electron chi connectivity index (χ1n) is 10.8. The van der Waals surface area contributed by atoms with Crippen LogP contribution in [0.1, 0.15) is 71.8 Å². The quantitative estimate of drug-likeness (QED) is 0.805. The van der Waals surface area contributed by atoms with Gasteiger partial charge in [0.15, 0.2) is 0 Å². The van der Waals surface area contributed by atoms with Crippen LogP contribution in [0.2, 0.25) is 0 Å². The number of hydrogen-bond donors (Lipinski definition) is 1. The van der Waals surface area contributed by atoms with E-state index < -0.39 is 0 Å². The third-order valence-corrected chi connectivity index (χ3v) is 6.33. The molecule has 1 amide bonds. The Morgan fingerprint density at radius 3 is 2.68 bits per heavy atom. The van der Waals surface area contributed by atoms with E-state index in [1.54, 1.807) is 0 Å². The number of aryl methyl sites for hydroxylation is 2. The van der Waals surface area contributed by atoms with Crippen molar-refractivity contribution in [3.63, 3.8) is 0 Å². The zero-order chi connectivity index (χ0) is 19.5. The molecule has 0 aromatic heterocycles. The van der Waals surface area contributed by atoms with Crippen molar-refractivity contribution in [1.82, 2.24) is 10.2 Å². The molecule has 1 fully saturated rings. The molecule has 0 bridgehead atoms. The maximum Gasteiger partial charge on any atom is 0.251 e.